The second-order valence-electron chi connectivity index (χ2n) is 4.44. The molecule has 2 aromatic rings. The lowest BCUT2D eigenvalue weighted by molar-refractivity contribution is -0.137. The predicted octanol–water partition coefficient (Wildman–Crippen LogP) is 3.58. The lowest BCUT2D eigenvalue weighted by Crippen LogP contribution is -2.22. The van der Waals surface area contributed by atoms with Crippen molar-refractivity contribution in [1.82, 2.24) is 10.2 Å². The summed E-state index contributed by atoms with van der Waals surface area (Å²) in [7, 11) is 1.33. The van der Waals surface area contributed by atoms with Gasteiger partial charge in [0.05, 0.1) is 18.1 Å². The van der Waals surface area contributed by atoms with Crippen LogP contribution in [0.15, 0.2) is 33.5 Å². The minimum absolute atomic E-state index is 0.155. The van der Waals surface area contributed by atoms with Crippen LogP contribution in [0.1, 0.15) is 6.92 Å². The maximum atomic E-state index is 12.2. The number of nitrogens with zero attached hydrogens (tertiary/aromatic N) is 2. The molecule has 1 heterocycles. The highest BCUT2D eigenvalue weighted by atomic mass is 35.5. The Balaban J connectivity index is 1.86. The molecule has 0 unspecified atom stereocenters. The van der Waals surface area contributed by atoms with E-state index in [0.29, 0.717) is 14.5 Å². The van der Waals surface area contributed by atoms with Gasteiger partial charge in [-0.15, -0.1) is 22.0 Å². The second kappa shape index (κ2) is 9.26. The van der Waals surface area contributed by atoms with Crippen LogP contribution in [0.3, 0.4) is 0 Å². The smallest absolute Gasteiger partial charge is 0.316 e. The van der Waals surface area contributed by atoms with Crippen LogP contribution in [0.4, 0.5) is 5.13 Å². The Morgan fingerprint density at radius 1 is 1.33 bits per heavy atom. The number of halogens is 1. The van der Waals surface area contributed by atoms with Gasteiger partial charge in [0.2, 0.25) is 11.0 Å². The number of rotatable bonds is 7. The van der Waals surface area contributed by atoms with E-state index in [4.69, 9.17) is 11.6 Å². The number of benzene rings is 1. The Hall–Kier alpha value is -1.29. The highest BCUT2D eigenvalue weighted by Gasteiger charge is 2.17. The van der Waals surface area contributed by atoms with Crippen LogP contribution < -0.4 is 5.32 Å². The number of ether oxygens (including phenoxy) is 1. The number of hydrogen-bond donors (Lipinski definition) is 1. The van der Waals surface area contributed by atoms with Gasteiger partial charge in [-0.05, 0) is 31.2 Å². The number of esters is 1. The number of methoxy groups -OCH3 is 1. The number of aromatic nitrogens is 2. The van der Waals surface area contributed by atoms with Gasteiger partial charge in [-0.2, -0.15) is 0 Å². The van der Waals surface area contributed by atoms with Crippen LogP contribution >= 0.6 is 46.5 Å². The largest absolute Gasteiger partial charge is 0.468 e. The molecule has 24 heavy (non-hydrogen) atoms. The van der Waals surface area contributed by atoms with Crippen molar-refractivity contribution in [3.8, 4) is 0 Å². The summed E-state index contributed by atoms with van der Waals surface area (Å²) in [6.07, 6.45) is 0. The zero-order valence-corrected chi connectivity index (χ0v) is 16.0. The third-order valence-corrected chi connectivity index (χ3v) is 5.98. The first kappa shape index (κ1) is 19.0. The van der Waals surface area contributed by atoms with E-state index in [1.165, 1.54) is 42.0 Å². The normalized spacial score (nSPS) is 11.8. The quantitative estimate of drug-likeness (QED) is 0.430. The summed E-state index contributed by atoms with van der Waals surface area (Å²) in [6, 6.07) is 7.29. The third-order valence-electron chi connectivity index (χ3n) is 2.67. The van der Waals surface area contributed by atoms with Gasteiger partial charge in [0.25, 0.3) is 0 Å². The van der Waals surface area contributed by atoms with Crippen LogP contribution in [0, 0.1) is 0 Å². The topological polar surface area (TPSA) is 81.2 Å². The van der Waals surface area contributed by atoms with Crippen LogP contribution in [-0.4, -0.2) is 40.2 Å². The number of carbonyl (C=O) groups excluding carboxylic acids is 2. The summed E-state index contributed by atoms with van der Waals surface area (Å²) in [6.45, 7) is 1.81. The van der Waals surface area contributed by atoms with Crippen LogP contribution in [-0.2, 0) is 14.3 Å². The van der Waals surface area contributed by atoms with Crippen molar-refractivity contribution in [2.75, 3.05) is 18.2 Å². The molecule has 1 atom stereocenters. The average molecular weight is 404 g/mol. The van der Waals surface area contributed by atoms with E-state index < -0.39 is 0 Å². The van der Waals surface area contributed by atoms with Gasteiger partial charge in [-0.25, -0.2) is 0 Å². The number of anilines is 1. The molecule has 0 spiro atoms. The molecule has 1 aromatic heterocycles. The predicted molar refractivity (Wildman–Crippen MR) is 98.0 cm³/mol. The maximum absolute atomic E-state index is 12.2. The molecule has 0 saturated carbocycles. The number of nitrogens with one attached hydrogen (secondary N) is 1. The fourth-order valence-corrected chi connectivity index (χ4v) is 4.06. The monoisotopic (exact) mass is 403 g/mol. The molecule has 1 N–H and O–H groups in total. The fourth-order valence-electron chi connectivity index (χ4n) is 1.48. The minimum Gasteiger partial charge on any atom is -0.468 e. The molecule has 0 bridgehead atoms. The Morgan fingerprint density at radius 2 is 2.04 bits per heavy atom. The SMILES string of the molecule is COC(=O)CSc1nnc(NC(=O)[C@H](C)Sc2ccc(Cl)cc2)s1. The van der Waals surface area contributed by atoms with E-state index in [0.717, 1.165) is 4.90 Å². The maximum Gasteiger partial charge on any atom is 0.316 e. The van der Waals surface area contributed by atoms with Crippen molar-refractivity contribution in [3.63, 3.8) is 0 Å². The molecule has 6 nitrogen and oxygen atoms in total. The highest BCUT2D eigenvalue weighted by molar-refractivity contribution is 8.01. The van der Waals surface area contributed by atoms with Crippen molar-refractivity contribution < 1.29 is 14.3 Å². The first-order chi connectivity index (χ1) is 11.5. The highest BCUT2D eigenvalue weighted by Crippen LogP contribution is 2.28. The molecule has 0 radical (unpaired) electrons. The molecular formula is C14H14ClN3O3S3. The van der Waals surface area contributed by atoms with Gasteiger partial charge in [-0.3, -0.25) is 14.9 Å². The first-order valence-electron chi connectivity index (χ1n) is 6.74. The van der Waals surface area contributed by atoms with Crippen LogP contribution in [0.25, 0.3) is 0 Å². The van der Waals surface area contributed by atoms with E-state index >= 15 is 0 Å². The van der Waals surface area contributed by atoms with Crippen molar-refractivity contribution >= 4 is 63.5 Å². The molecule has 1 aromatic carbocycles. The van der Waals surface area contributed by atoms with Crippen molar-refractivity contribution in [2.45, 2.75) is 21.4 Å². The molecule has 1 amide bonds. The van der Waals surface area contributed by atoms with Gasteiger partial charge in [0.15, 0.2) is 4.34 Å². The Kier molecular flexibility index (Phi) is 7.35. The number of carbonyl (C=O) groups is 2. The number of amides is 1. The summed E-state index contributed by atoms with van der Waals surface area (Å²) in [5.41, 5.74) is 0. The Bertz CT molecular complexity index is 709. The molecule has 0 fully saturated rings. The van der Waals surface area contributed by atoms with E-state index in [-0.39, 0.29) is 22.9 Å². The van der Waals surface area contributed by atoms with Crippen molar-refractivity contribution in [1.29, 1.82) is 0 Å². The van der Waals surface area contributed by atoms with Crippen molar-refractivity contribution in [3.05, 3.63) is 29.3 Å². The first-order valence-corrected chi connectivity index (χ1v) is 9.80. The van der Waals surface area contributed by atoms with Gasteiger partial charge in [0.1, 0.15) is 0 Å². The van der Waals surface area contributed by atoms with E-state index in [1.807, 2.05) is 19.1 Å². The summed E-state index contributed by atoms with van der Waals surface area (Å²) in [5.74, 6) is -0.355. The van der Waals surface area contributed by atoms with Gasteiger partial charge in [0, 0.05) is 9.92 Å². The molecule has 2 rings (SSSR count). The summed E-state index contributed by atoms with van der Waals surface area (Å²) in [5, 5.41) is 11.3. The van der Waals surface area contributed by atoms with E-state index in [9.17, 15) is 9.59 Å². The van der Waals surface area contributed by atoms with Gasteiger partial charge < -0.3 is 4.74 Å². The Morgan fingerprint density at radius 3 is 2.71 bits per heavy atom. The molecule has 10 heteroatoms. The van der Waals surface area contributed by atoms with Gasteiger partial charge in [-0.1, -0.05) is 34.7 Å². The summed E-state index contributed by atoms with van der Waals surface area (Å²) < 4.78 is 5.15. The molecule has 128 valence electrons. The van der Waals surface area contributed by atoms with E-state index in [2.05, 4.69) is 20.3 Å². The zero-order valence-electron chi connectivity index (χ0n) is 12.8. The molecule has 0 aliphatic rings. The van der Waals surface area contributed by atoms with Crippen molar-refractivity contribution in [2.24, 2.45) is 0 Å². The van der Waals surface area contributed by atoms with Crippen LogP contribution in [0.5, 0.6) is 0 Å². The van der Waals surface area contributed by atoms with Crippen LogP contribution in [0.2, 0.25) is 5.02 Å². The number of hydrogen-bond acceptors (Lipinski definition) is 8. The van der Waals surface area contributed by atoms with Gasteiger partial charge >= 0.3 is 5.97 Å². The summed E-state index contributed by atoms with van der Waals surface area (Å²) in [4.78, 5) is 24.2. The van der Waals surface area contributed by atoms with E-state index in [1.54, 1.807) is 12.1 Å². The lowest BCUT2D eigenvalue weighted by Gasteiger charge is -2.10. The fraction of sp³-hybridized carbons (Fsp3) is 0.286. The Labute approximate surface area is 156 Å². The standard InChI is InChI=1S/C14H14ClN3O3S3/c1-8(23-10-5-3-9(15)4-6-10)12(20)16-13-17-18-14(24-13)22-7-11(19)21-2/h3-6,8H,7H2,1-2H3,(H,16,17,20)/t8-/m0/s1. The zero-order chi connectivity index (χ0) is 17.5. The lowest BCUT2D eigenvalue weighted by atomic mass is 10.4. The second-order valence-corrected chi connectivity index (χ2v) is 8.49. The minimum atomic E-state index is -0.339. The molecule has 0 saturated heterocycles. The average Bonchev–Trinajstić information content (AvgIpc) is 3.02. The third kappa shape index (κ3) is 5.97. The molecular weight excluding hydrogens is 390 g/mol. The summed E-state index contributed by atoms with van der Waals surface area (Å²) >= 11 is 9.69. The molecule has 0 aliphatic heterocycles. The number of thioether (sulfide) groups is 2. The molecule has 0 aliphatic carbocycles.